The Morgan fingerprint density at radius 3 is 1.80 bits per heavy atom. The third-order valence-corrected chi connectivity index (χ3v) is 8.70. The van der Waals surface area contributed by atoms with E-state index in [1.807, 2.05) is 24.3 Å². The van der Waals surface area contributed by atoms with Crippen molar-refractivity contribution in [2.45, 2.75) is 71.8 Å². The van der Waals surface area contributed by atoms with Gasteiger partial charge in [-0.05, 0) is 116 Å². The maximum Gasteiger partial charge on any atom is 0.513 e. The van der Waals surface area contributed by atoms with Crippen LogP contribution in [0.3, 0.4) is 0 Å². The molecule has 0 bridgehead atoms. The summed E-state index contributed by atoms with van der Waals surface area (Å²) in [5, 5.41) is 0. The molecular formula is C40H46O9. The lowest BCUT2D eigenvalue weighted by molar-refractivity contribution is -0.137. The zero-order chi connectivity index (χ0) is 35.2. The van der Waals surface area contributed by atoms with Crippen LogP contribution in [0.4, 0.5) is 4.79 Å². The fourth-order valence-electron chi connectivity index (χ4n) is 5.87. The number of carbonyl (C=O) groups is 4. The van der Waals surface area contributed by atoms with Crippen molar-refractivity contribution >= 4 is 24.1 Å². The zero-order valence-corrected chi connectivity index (χ0v) is 28.6. The van der Waals surface area contributed by atoms with E-state index in [1.54, 1.807) is 24.3 Å². The third kappa shape index (κ3) is 11.6. The number of hydrogen-bond acceptors (Lipinski definition) is 9. The summed E-state index contributed by atoms with van der Waals surface area (Å²) >= 11 is 0. The summed E-state index contributed by atoms with van der Waals surface area (Å²) in [6.07, 6.45) is 6.43. The number of benzene rings is 3. The summed E-state index contributed by atoms with van der Waals surface area (Å²) in [5.74, 6) is 0.681. The lowest BCUT2D eigenvalue weighted by atomic mass is 9.75. The van der Waals surface area contributed by atoms with Crippen molar-refractivity contribution in [1.29, 1.82) is 0 Å². The predicted octanol–water partition coefficient (Wildman–Crippen LogP) is 9.00. The molecule has 0 heterocycles. The highest BCUT2D eigenvalue weighted by atomic mass is 16.7. The van der Waals surface area contributed by atoms with Gasteiger partial charge in [0.05, 0.1) is 24.3 Å². The van der Waals surface area contributed by atoms with Crippen LogP contribution in [0.15, 0.2) is 85.5 Å². The van der Waals surface area contributed by atoms with Gasteiger partial charge in [0.25, 0.3) is 0 Å². The van der Waals surface area contributed by atoms with Gasteiger partial charge in [0.15, 0.2) is 0 Å². The first-order valence-corrected chi connectivity index (χ1v) is 17.0. The second-order valence-electron chi connectivity index (χ2n) is 12.8. The monoisotopic (exact) mass is 670 g/mol. The van der Waals surface area contributed by atoms with Gasteiger partial charge in [-0.25, -0.2) is 19.2 Å². The van der Waals surface area contributed by atoms with Gasteiger partial charge in [-0.2, -0.15) is 0 Å². The molecule has 0 amide bonds. The summed E-state index contributed by atoms with van der Waals surface area (Å²) in [6, 6.07) is 20.4. The van der Waals surface area contributed by atoms with Gasteiger partial charge in [-0.15, -0.1) is 0 Å². The van der Waals surface area contributed by atoms with Crippen molar-refractivity contribution in [3.05, 3.63) is 96.6 Å². The van der Waals surface area contributed by atoms with Crippen LogP contribution in [0.2, 0.25) is 0 Å². The van der Waals surface area contributed by atoms with E-state index in [0.717, 1.165) is 49.3 Å². The van der Waals surface area contributed by atoms with Crippen molar-refractivity contribution in [2.75, 3.05) is 13.2 Å². The topological polar surface area (TPSA) is 114 Å². The van der Waals surface area contributed by atoms with Crippen LogP contribution in [-0.4, -0.2) is 43.4 Å². The molecule has 0 aromatic heterocycles. The van der Waals surface area contributed by atoms with Crippen LogP contribution >= 0.6 is 0 Å². The lowest BCUT2D eigenvalue weighted by Gasteiger charge is -2.36. The maximum absolute atomic E-state index is 13.0. The minimum atomic E-state index is -0.826. The van der Waals surface area contributed by atoms with Crippen LogP contribution in [-0.2, 0) is 19.0 Å². The van der Waals surface area contributed by atoms with E-state index >= 15 is 0 Å². The van der Waals surface area contributed by atoms with Crippen LogP contribution in [0.25, 0.3) is 11.1 Å². The fraction of sp³-hybridized carbons (Fsp3) is 0.400. The molecule has 3 atom stereocenters. The molecule has 1 fully saturated rings. The molecule has 9 heteroatoms. The Morgan fingerprint density at radius 1 is 0.714 bits per heavy atom. The van der Waals surface area contributed by atoms with E-state index in [4.69, 9.17) is 23.7 Å². The second kappa shape index (κ2) is 18.6. The van der Waals surface area contributed by atoms with Gasteiger partial charge in [0, 0.05) is 6.08 Å². The molecule has 3 aromatic carbocycles. The number of unbranched alkanes of at least 4 members (excludes halogenated alkanes) is 3. The van der Waals surface area contributed by atoms with Gasteiger partial charge in [0.2, 0.25) is 0 Å². The summed E-state index contributed by atoms with van der Waals surface area (Å²) in [6.45, 7) is 10.5. The van der Waals surface area contributed by atoms with E-state index in [0.29, 0.717) is 47.7 Å². The average molecular weight is 671 g/mol. The smallest absolute Gasteiger partial charge is 0.463 e. The van der Waals surface area contributed by atoms with E-state index in [9.17, 15) is 19.2 Å². The molecule has 3 unspecified atom stereocenters. The highest BCUT2D eigenvalue weighted by Gasteiger charge is 2.33. The first-order chi connectivity index (χ1) is 23.6. The van der Waals surface area contributed by atoms with Crippen molar-refractivity contribution in [3.8, 4) is 22.6 Å². The largest absolute Gasteiger partial charge is 0.513 e. The first-order valence-electron chi connectivity index (χ1n) is 17.0. The number of rotatable bonds is 15. The fourth-order valence-corrected chi connectivity index (χ4v) is 5.87. The highest BCUT2D eigenvalue weighted by molar-refractivity contribution is 5.92. The Morgan fingerprint density at radius 2 is 1.24 bits per heavy atom. The maximum atomic E-state index is 13.0. The molecule has 260 valence electrons. The highest BCUT2D eigenvalue weighted by Crippen LogP contribution is 2.36. The summed E-state index contributed by atoms with van der Waals surface area (Å²) in [7, 11) is 0. The molecule has 1 saturated carbocycles. The Labute approximate surface area is 288 Å². The third-order valence-electron chi connectivity index (χ3n) is 8.70. The zero-order valence-electron chi connectivity index (χ0n) is 28.6. The number of hydrogen-bond donors (Lipinski definition) is 0. The Kier molecular flexibility index (Phi) is 14.0. The molecule has 0 N–H and O–H groups in total. The van der Waals surface area contributed by atoms with Crippen LogP contribution in [0, 0.1) is 17.8 Å². The van der Waals surface area contributed by atoms with Gasteiger partial charge in [0.1, 0.15) is 17.6 Å². The number of ether oxygens (including phenoxy) is 5. The molecule has 4 rings (SSSR count). The Hall–Kier alpha value is -4.92. The van der Waals surface area contributed by atoms with Crippen LogP contribution < -0.4 is 9.47 Å². The summed E-state index contributed by atoms with van der Waals surface area (Å²) < 4.78 is 26.6. The minimum Gasteiger partial charge on any atom is -0.463 e. The molecule has 0 spiro atoms. The second-order valence-corrected chi connectivity index (χ2v) is 12.8. The molecular weight excluding hydrogens is 624 g/mol. The Balaban J connectivity index is 1.19. The standard InChI is InChI=1S/C40H46O9/c1-5-37(41)45-24-8-6-7-9-25-46-40(44)48-34-21-19-33(20-22-34)47-38(42)31-15-11-29(12-16-31)30-13-17-32(18-14-30)39(43)49-36-26-28(4)10-23-35(36)27(2)3/h5,11-22,27-28,35-36H,1,6-10,23-26H2,2-4H3. The molecule has 3 aromatic rings. The van der Waals surface area contributed by atoms with Crippen molar-refractivity contribution in [2.24, 2.45) is 17.8 Å². The van der Waals surface area contributed by atoms with E-state index in [2.05, 4.69) is 27.4 Å². The van der Waals surface area contributed by atoms with Crippen molar-refractivity contribution in [1.82, 2.24) is 0 Å². The van der Waals surface area contributed by atoms with Crippen LogP contribution in [0.1, 0.15) is 86.4 Å². The molecule has 0 saturated heterocycles. The molecule has 9 nitrogen and oxygen atoms in total. The summed E-state index contributed by atoms with van der Waals surface area (Å²) in [5.41, 5.74) is 2.68. The molecule has 0 aliphatic heterocycles. The molecule has 0 radical (unpaired) electrons. The molecule has 1 aliphatic rings. The number of carbonyl (C=O) groups excluding carboxylic acids is 4. The predicted molar refractivity (Wildman–Crippen MR) is 185 cm³/mol. The van der Waals surface area contributed by atoms with Crippen molar-refractivity contribution in [3.63, 3.8) is 0 Å². The van der Waals surface area contributed by atoms with Gasteiger partial charge in [-0.3, -0.25) is 0 Å². The van der Waals surface area contributed by atoms with E-state index in [-0.39, 0.29) is 24.4 Å². The average Bonchev–Trinajstić information content (AvgIpc) is 3.10. The van der Waals surface area contributed by atoms with Crippen LogP contribution in [0.5, 0.6) is 11.5 Å². The van der Waals surface area contributed by atoms with Crippen molar-refractivity contribution < 1.29 is 42.9 Å². The van der Waals surface area contributed by atoms with E-state index in [1.165, 1.54) is 30.7 Å². The molecule has 1 aliphatic carbocycles. The quantitative estimate of drug-likeness (QED) is 0.0390. The molecule has 49 heavy (non-hydrogen) atoms. The normalized spacial score (nSPS) is 17.1. The lowest BCUT2D eigenvalue weighted by Crippen LogP contribution is -2.35. The Bertz CT molecular complexity index is 1540. The SMILES string of the molecule is C=CC(=O)OCCCCCCOC(=O)Oc1ccc(OC(=O)c2ccc(-c3ccc(C(=O)OC4CC(C)CCC4C(C)C)cc3)cc2)cc1. The van der Waals surface area contributed by atoms with Gasteiger partial charge >= 0.3 is 24.1 Å². The van der Waals surface area contributed by atoms with E-state index < -0.39 is 18.1 Å². The van der Waals surface area contributed by atoms with Gasteiger partial charge in [-0.1, -0.05) is 58.0 Å². The minimum absolute atomic E-state index is 0.0554. The van der Waals surface area contributed by atoms with Gasteiger partial charge < -0.3 is 23.7 Å². The summed E-state index contributed by atoms with van der Waals surface area (Å²) in [4.78, 5) is 48.7. The number of esters is 3. The first kappa shape index (κ1) is 36.9.